The fourth-order valence-electron chi connectivity index (χ4n) is 4.09. The summed E-state index contributed by atoms with van der Waals surface area (Å²) in [7, 11) is -3.81. The van der Waals surface area contributed by atoms with Gasteiger partial charge in [-0.15, -0.1) is 0 Å². The Labute approximate surface area is 201 Å². The number of fused-ring (bicyclic) bond motifs is 2. The first-order chi connectivity index (χ1) is 16.9. The zero-order chi connectivity index (χ0) is 24.2. The van der Waals surface area contributed by atoms with Crippen molar-refractivity contribution in [2.24, 2.45) is 0 Å². The van der Waals surface area contributed by atoms with Gasteiger partial charge in [-0.05, 0) is 74.5 Å². The van der Waals surface area contributed by atoms with Crippen molar-refractivity contribution in [3.63, 3.8) is 0 Å². The maximum atomic E-state index is 13.4. The summed E-state index contributed by atoms with van der Waals surface area (Å²) in [6.45, 7) is 3.98. The van der Waals surface area contributed by atoms with Crippen molar-refractivity contribution in [2.75, 3.05) is 0 Å². The second-order valence-electron chi connectivity index (χ2n) is 8.54. The van der Waals surface area contributed by atoms with Gasteiger partial charge in [-0.1, -0.05) is 35.4 Å². The Kier molecular flexibility index (Phi) is 4.82. The minimum Gasteiger partial charge on any atom is -0.436 e. The molecule has 0 radical (unpaired) electrons. The van der Waals surface area contributed by atoms with Crippen LogP contribution in [0.2, 0.25) is 0 Å². The average Bonchev–Trinajstić information content (AvgIpc) is 3.47. The van der Waals surface area contributed by atoms with Gasteiger partial charge in [0.05, 0.1) is 9.79 Å². The molecule has 0 saturated heterocycles. The van der Waals surface area contributed by atoms with E-state index in [9.17, 15) is 8.42 Å². The number of nitrogens with zero attached hydrogens (tertiary/aromatic N) is 2. The van der Waals surface area contributed by atoms with Gasteiger partial charge in [0.15, 0.2) is 11.2 Å². The molecule has 7 heteroatoms. The zero-order valence-electron chi connectivity index (χ0n) is 19.0. The summed E-state index contributed by atoms with van der Waals surface area (Å²) in [5.74, 6) is 0.900. The molecule has 0 amide bonds. The van der Waals surface area contributed by atoms with Gasteiger partial charge < -0.3 is 8.83 Å². The summed E-state index contributed by atoms with van der Waals surface area (Å²) in [5, 5.41) is 0. The van der Waals surface area contributed by atoms with Crippen molar-refractivity contribution in [3.8, 4) is 22.9 Å². The van der Waals surface area contributed by atoms with Crippen LogP contribution in [-0.2, 0) is 9.84 Å². The van der Waals surface area contributed by atoms with Crippen LogP contribution in [0.5, 0.6) is 0 Å². The molecule has 2 heterocycles. The molecule has 2 aromatic heterocycles. The maximum Gasteiger partial charge on any atom is 0.227 e. The fourth-order valence-corrected chi connectivity index (χ4v) is 5.39. The third-order valence-corrected chi connectivity index (χ3v) is 7.62. The first-order valence-corrected chi connectivity index (χ1v) is 12.6. The first-order valence-electron chi connectivity index (χ1n) is 11.1. The van der Waals surface area contributed by atoms with Crippen LogP contribution in [0.15, 0.2) is 104 Å². The first kappa shape index (κ1) is 21.3. The fraction of sp³-hybridized carbons (Fsp3) is 0.0714. The van der Waals surface area contributed by atoms with Crippen LogP contribution in [0.4, 0.5) is 0 Å². The van der Waals surface area contributed by atoms with Crippen molar-refractivity contribution in [2.45, 2.75) is 23.6 Å². The Morgan fingerprint density at radius 2 is 1.06 bits per heavy atom. The predicted octanol–water partition coefficient (Wildman–Crippen LogP) is 6.75. The Morgan fingerprint density at radius 1 is 0.600 bits per heavy atom. The van der Waals surface area contributed by atoms with Gasteiger partial charge in [-0.25, -0.2) is 18.4 Å². The molecular formula is C28H20N2O4S. The van der Waals surface area contributed by atoms with Gasteiger partial charge >= 0.3 is 0 Å². The predicted molar refractivity (Wildman–Crippen MR) is 134 cm³/mol. The highest BCUT2D eigenvalue weighted by Crippen LogP contribution is 2.31. The number of sulfone groups is 1. The zero-order valence-corrected chi connectivity index (χ0v) is 19.8. The van der Waals surface area contributed by atoms with Gasteiger partial charge in [-0.3, -0.25) is 0 Å². The number of hydrogen-bond donors (Lipinski definition) is 0. The molecule has 0 saturated carbocycles. The highest BCUT2D eigenvalue weighted by molar-refractivity contribution is 7.91. The maximum absolute atomic E-state index is 13.4. The van der Waals surface area contributed by atoms with Crippen LogP contribution in [0, 0.1) is 13.8 Å². The molecule has 4 aromatic carbocycles. The second kappa shape index (κ2) is 7.92. The van der Waals surface area contributed by atoms with Crippen LogP contribution in [0.3, 0.4) is 0 Å². The smallest absolute Gasteiger partial charge is 0.227 e. The third-order valence-electron chi connectivity index (χ3n) is 5.87. The molecule has 0 spiro atoms. The van der Waals surface area contributed by atoms with E-state index in [-0.39, 0.29) is 9.79 Å². The second-order valence-corrected chi connectivity index (χ2v) is 10.5. The number of rotatable bonds is 4. The summed E-state index contributed by atoms with van der Waals surface area (Å²) >= 11 is 0. The molecule has 172 valence electrons. The van der Waals surface area contributed by atoms with E-state index < -0.39 is 9.84 Å². The van der Waals surface area contributed by atoms with E-state index in [4.69, 9.17) is 8.83 Å². The molecule has 0 fully saturated rings. The molecule has 6 rings (SSSR count). The lowest BCUT2D eigenvalue weighted by atomic mass is 10.1. The summed E-state index contributed by atoms with van der Waals surface area (Å²) < 4.78 is 38.6. The number of benzene rings is 4. The van der Waals surface area contributed by atoms with E-state index >= 15 is 0 Å². The molecule has 35 heavy (non-hydrogen) atoms. The van der Waals surface area contributed by atoms with Crippen LogP contribution >= 0.6 is 0 Å². The number of aromatic nitrogens is 2. The molecule has 0 aliphatic carbocycles. The molecule has 6 nitrogen and oxygen atoms in total. The molecular weight excluding hydrogens is 460 g/mol. The molecule has 0 N–H and O–H groups in total. The van der Waals surface area contributed by atoms with E-state index in [1.54, 1.807) is 24.3 Å². The van der Waals surface area contributed by atoms with Crippen LogP contribution in [0.25, 0.3) is 45.1 Å². The van der Waals surface area contributed by atoms with E-state index in [1.807, 2.05) is 62.4 Å². The largest absolute Gasteiger partial charge is 0.436 e. The quantitative estimate of drug-likeness (QED) is 0.277. The van der Waals surface area contributed by atoms with E-state index in [0.29, 0.717) is 34.0 Å². The lowest BCUT2D eigenvalue weighted by Gasteiger charge is -2.04. The van der Waals surface area contributed by atoms with Crippen molar-refractivity contribution in [1.29, 1.82) is 0 Å². The highest BCUT2D eigenvalue weighted by atomic mass is 32.2. The van der Waals surface area contributed by atoms with Crippen molar-refractivity contribution in [1.82, 2.24) is 9.97 Å². The van der Waals surface area contributed by atoms with Gasteiger partial charge in [0, 0.05) is 11.1 Å². The Morgan fingerprint density at radius 3 is 1.49 bits per heavy atom. The average molecular weight is 481 g/mol. The van der Waals surface area contributed by atoms with Gasteiger partial charge in [0.25, 0.3) is 0 Å². The van der Waals surface area contributed by atoms with Gasteiger partial charge in [0.2, 0.25) is 21.6 Å². The normalized spacial score (nSPS) is 11.9. The Balaban J connectivity index is 1.38. The molecule has 0 bridgehead atoms. The number of oxazole rings is 2. The third kappa shape index (κ3) is 3.80. The van der Waals surface area contributed by atoms with Crippen LogP contribution < -0.4 is 0 Å². The van der Waals surface area contributed by atoms with Crippen molar-refractivity contribution >= 4 is 32.0 Å². The molecule has 0 unspecified atom stereocenters. The van der Waals surface area contributed by atoms with E-state index in [2.05, 4.69) is 9.97 Å². The molecule has 0 atom stereocenters. The van der Waals surface area contributed by atoms with Crippen LogP contribution in [0.1, 0.15) is 11.1 Å². The van der Waals surface area contributed by atoms with E-state index in [0.717, 1.165) is 22.3 Å². The summed E-state index contributed by atoms with van der Waals surface area (Å²) in [6, 6.07) is 25.0. The topological polar surface area (TPSA) is 86.2 Å². The van der Waals surface area contributed by atoms with E-state index in [1.165, 1.54) is 12.1 Å². The minimum atomic E-state index is -3.81. The number of hydrogen-bond acceptors (Lipinski definition) is 6. The lowest BCUT2D eigenvalue weighted by Crippen LogP contribution is -2.01. The molecule has 0 aliphatic heterocycles. The van der Waals surface area contributed by atoms with Gasteiger partial charge in [0.1, 0.15) is 11.0 Å². The number of aryl methyl sites for hydroxylation is 2. The van der Waals surface area contributed by atoms with Gasteiger partial charge in [-0.2, -0.15) is 0 Å². The summed E-state index contributed by atoms with van der Waals surface area (Å²) in [6.07, 6.45) is 0. The molecule has 0 aliphatic rings. The summed E-state index contributed by atoms with van der Waals surface area (Å²) in [5.41, 5.74) is 5.85. The SMILES string of the molecule is Cc1cccc(-c2nc3cc(S(=O)(=O)c4ccc5oc(-c6cccc(C)c6)nc5c4)ccc3o2)c1. The standard InChI is InChI=1S/C28H20N2O4S/c1-17-5-3-7-19(13-17)27-29-23-15-21(9-11-25(23)33-27)35(31,32)22-10-12-26-24(16-22)30-28(34-26)20-8-4-6-18(2)14-20/h3-16H,1-2H3. The molecule has 6 aromatic rings. The van der Waals surface area contributed by atoms with Crippen molar-refractivity contribution in [3.05, 3.63) is 96.1 Å². The highest BCUT2D eigenvalue weighted by Gasteiger charge is 2.21. The van der Waals surface area contributed by atoms with Crippen LogP contribution in [-0.4, -0.2) is 18.4 Å². The minimum absolute atomic E-state index is 0.135. The Bertz CT molecular complexity index is 1720. The Hall–Kier alpha value is -4.23. The van der Waals surface area contributed by atoms with Crippen molar-refractivity contribution < 1.29 is 17.3 Å². The monoisotopic (exact) mass is 480 g/mol. The summed E-state index contributed by atoms with van der Waals surface area (Å²) in [4.78, 5) is 9.32. The lowest BCUT2D eigenvalue weighted by molar-refractivity contribution is 0.596.